The molecule has 6 rings (SSSR count). The van der Waals surface area contributed by atoms with E-state index in [1.165, 1.54) is 17.7 Å². The number of aliphatic hydroxyl groups excluding tert-OH is 1. The summed E-state index contributed by atoms with van der Waals surface area (Å²) >= 11 is 0. The minimum atomic E-state index is -0.908. The lowest BCUT2D eigenvalue weighted by Gasteiger charge is -2.42. The first-order valence-electron chi connectivity index (χ1n) is 13.1. The third kappa shape index (κ3) is 4.01. The molecule has 0 radical (unpaired) electrons. The third-order valence-electron chi connectivity index (χ3n) is 8.86. The second-order valence-electron chi connectivity index (χ2n) is 11.0. The molecule has 0 unspecified atom stereocenters. The molecule has 2 aliphatic carbocycles. The molecule has 2 aromatic carbocycles. The van der Waals surface area contributed by atoms with Gasteiger partial charge >= 0.3 is 0 Å². The van der Waals surface area contributed by atoms with Gasteiger partial charge in [0.15, 0.2) is 0 Å². The Morgan fingerprint density at radius 3 is 2.73 bits per heavy atom. The summed E-state index contributed by atoms with van der Waals surface area (Å²) in [4.78, 5) is 14.9. The zero-order valence-electron chi connectivity index (χ0n) is 21.0. The Bertz CT molecular complexity index is 1380. The van der Waals surface area contributed by atoms with Crippen molar-refractivity contribution in [3.8, 4) is 5.69 Å². The maximum absolute atomic E-state index is 13.4. The van der Waals surface area contributed by atoms with Crippen LogP contribution in [0.4, 0.5) is 4.39 Å². The lowest BCUT2D eigenvalue weighted by molar-refractivity contribution is -0.0462. The van der Waals surface area contributed by atoms with Crippen molar-refractivity contribution in [1.29, 1.82) is 0 Å². The van der Waals surface area contributed by atoms with Crippen molar-refractivity contribution in [2.75, 3.05) is 13.1 Å². The van der Waals surface area contributed by atoms with Crippen molar-refractivity contribution < 1.29 is 19.4 Å². The summed E-state index contributed by atoms with van der Waals surface area (Å²) in [7, 11) is 0. The molecule has 7 heteroatoms. The van der Waals surface area contributed by atoms with Crippen molar-refractivity contribution in [3.63, 3.8) is 0 Å². The zero-order valence-corrected chi connectivity index (χ0v) is 21.0. The maximum atomic E-state index is 13.4. The van der Waals surface area contributed by atoms with Gasteiger partial charge in [-0.3, -0.25) is 4.79 Å². The van der Waals surface area contributed by atoms with Gasteiger partial charge in [-0.2, -0.15) is 5.10 Å². The number of aromatic nitrogens is 2. The van der Waals surface area contributed by atoms with Crippen LogP contribution in [0.15, 0.2) is 60.3 Å². The average molecular weight is 502 g/mol. The molecule has 2 heterocycles. The Labute approximate surface area is 216 Å². The van der Waals surface area contributed by atoms with E-state index in [0.29, 0.717) is 50.8 Å². The van der Waals surface area contributed by atoms with Crippen LogP contribution in [0.5, 0.6) is 0 Å². The Balaban J connectivity index is 1.24. The smallest absolute Gasteiger partial charge is 0.254 e. The number of likely N-dealkylation sites (tertiary alicyclic amines) is 1. The van der Waals surface area contributed by atoms with Crippen LogP contribution in [-0.4, -0.2) is 55.6 Å². The lowest BCUT2D eigenvalue weighted by atomic mass is 9.65. The molecular weight excluding hydrogens is 469 g/mol. The van der Waals surface area contributed by atoms with Gasteiger partial charge < -0.3 is 15.1 Å². The first kappa shape index (κ1) is 24.1. The van der Waals surface area contributed by atoms with E-state index in [1.807, 2.05) is 35.1 Å². The van der Waals surface area contributed by atoms with E-state index in [4.69, 9.17) is 0 Å². The molecule has 6 nitrogen and oxygen atoms in total. The molecule has 37 heavy (non-hydrogen) atoms. The highest BCUT2D eigenvalue weighted by atomic mass is 19.1. The van der Waals surface area contributed by atoms with Crippen LogP contribution in [0, 0.1) is 11.2 Å². The second-order valence-corrected chi connectivity index (χ2v) is 11.0. The van der Waals surface area contributed by atoms with Crippen molar-refractivity contribution >= 4 is 12.0 Å². The Kier molecular flexibility index (Phi) is 5.81. The summed E-state index contributed by atoms with van der Waals surface area (Å²) in [6.07, 6.45) is 7.46. The van der Waals surface area contributed by atoms with Gasteiger partial charge in [-0.05, 0) is 86.1 Å². The van der Waals surface area contributed by atoms with E-state index >= 15 is 0 Å². The number of carbonyl (C=O) groups is 1. The van der Waals surface area contributed by atoms with Crippen LogP contribution in [0.25, 0.3) is 11.8 Å². The number of fused-ring (bicyclic) bond motifs is 2. The molecule has 3 aromatic rings. The number of rotatable bonds is 5. The molecule has 1 saturated carbocycles. The van der Waals surface area contributed by atoms with Crippen molar-refractivity contribution in [2.24, 2.45) is 5.41 Å². The van der Waals surface area contributed by atoms with Crippen LogP contribution in [0.2, 0.25) is 0 Å². The fraction of sp³-hybridized carbons (Fsp3) is 0.400. The zero-order chi connectivity index (χ0) is 25.8. The van der Waals surface area contributed by atoms with Crippen LogP contribution in [-0.2, 0) is 12.8 Å². The largest absolute Gasteiger partial charge is 0.391 e. The summed E-state index contributed by atoms with van der Waals surface area (Å²) in [5.74, 6) is -0.328. The molecule has 192 valence electrons. The summed E-state index contributed by atoms with van der Waals surface area (Å²) in [5.41, 5.74) is 4.34. The van der Waals surface area contributed by atoms with Crippen LogP contribution in [0.1, 0.15) is 59.8 Å². The van der Waals surface area contributed by atoms with Gasteiger partial charge in [0.1, 0.15) is 5.82 Å². The predicted octanol–water partition coefficient (Wildman–Crippen LogP) is 4.32. The van der Waals surface area contributed by atoms with E-state index in [2.05, 4.69) is 18.1 Å². The first-order valence-corrected chi connectivity index (χ1v) is 13.1. The predicted molar refractivity (Wildman–Crippen MR) is 139 cm³/mol. The van der Waals surface area contributed by atoms with E-state index < -0.39 is 17.1 Å². The van der Waals surface area contributed by atoms with Gasteiger partial charge in [0.25, 0.3) is 5.91 Å². The van der Waals surface area contributed by atoms with E-state index in [1.54, 1.807) is 17.0 Å². The molecule has 3 atom stereocenters. The van der Waals surface area contributed by atoms with E-state index in [0.717, 1.165) is 28.9 Å². The number of hydrogen-bond acceptors (Lipinski definition) is 4. The van der Waals surface area contributed by atoms with Gasteiger partial charge in [-0.1, -0.05) is 30.7 Å². The maximum Gasteiger partial charge on any atom is 0.254 e. The second kappa shape index (κ2) is 8.92. The molecule has 1 amide bonds. The quantitative estimate of drug-likeness (QED) is 0.546. The molecule has 2 N–H and O–H groups in total. The van der Waals surface area contributed by atoms with Crippen molar-refractivity contribution in [3.05, 3.63) is 88.5 Å². The fourth-order valence-corrected chi connectivity index (χ4v) is 6.50. The number of hydrogen-bond donors (Lipinski definition) is 2. The number of carbonyl (C=O) groups excluding carboxylic acids is 1. The number of benzene rings is 2. The lowest BCUT2D eigenvalue weighted by Crippen LogP contribution is -2.45. The summed E-state index contributed by atoms with van der Waals surface area (Å²) in [6.45, 7) is 3.09. The summed E-state index contributed by atoms with van der Waals surface area (Å²) in [5, 5.41) is 26.5. The van der Waals surface area contributed by atoms with Gasteiger partial charge in [-0.15, -0.1) is 0 Å². The average Bonchev–Trinajstić information content (AvgIpc) is 3.58. The van der Waals surface area contributed by atoms with Gasteiger partial charge in [0, 0.05) is 24.1 Å². The highest BCUT2D eigenvalue weighted by Gasteiger charge is 2.54. The topological polar surface area (TPSA) is 78.6 Å². The molecule has 1 aliphatic heterocycles. The number of amides is 1. The molecule has 3 aliphatic rings. The minimum Gasteiger partial charge on any atom is -0.391 e. The van der Waals surface area contributed by atoms with Crippen LogP contribution >= 0.6 is 0 Å². The van der Waals surface area contributed by atoms with Crippen LogP contribution < -0.4 is 0 Å². The monoisotopic (exact) mass is 501 g/mol. The van der Waals surface area contributed by atoms with Gasteiger partial charge in [0.2, 0.25) is 0 Å². The number of aryl methyl sites for hydroxylation is 1. The van der Waals surface area contributed by atoms with Crippen LogP contribution in [0.3, 0.4) is 0 Å². The number of halogens is 1. The van der Waals surface area contributed by atoms with Gasteiger partial charge in [0.05, 0.1) is 29.3 Å². The molecule has 0 spiro atoms. The third-order valence-corrected chi connectivity index (χ3v) is 8.86. The minimum absolute atomic E-state index is 0.0483. The number of nitrogens with zero attached hydrogens (tertiary/aromatic N) is 3. The van der Waals surface area contributed by atoms with E-state index in [9.17, 15) is 19.4 Å². The van der Waals surface area contributed by atoms with E-state index in [-0.39, 0.29) is 11.7 Å². The van der Waals surface area contributed by atoms with Gasteiger partial charge in [-0.25, -0.2) is 9.07 Å². The highest BCUT2D eigenvalue weighted by molar-refractivity contribution is 5.96. The number of β-amino-alcohol motifs (C(OH)–C–C–N with tert-alkyl or cyclic N) is 1. The SMILES string of the molecule is C[C@]12Cc3cnn(-c4ccc(F)cc4)c3C=C1CC[C@@]2(O)CCc1ccccc1C(=O)N1CC[C@@H](O)C1. The Morgan fingerprint density at radius 2 is 1.97 bits per heavy atom. The van der Waals surface area contributed by atoms with Crippen molar-refractivity contribution in [2.45, 2.75) is 57.2 Å². The standard InChI is InChI=1S/C30H32FN3O3/c1-29-17-21-18-32-34(24-8-6-23(31)7-9-24)27(21)16-22(29)11-14-30(29,37)13-10-20-4-2-3-5-26(20)28(36)33-15-12-25(35)19-33/h2-9,16,18,25,35,37H,10-15,17,19H2,1H3/t25-,29+,30+/m1/s1. The van der Waals surface area contributed by atoms with Crippen molar-refractivity contribution in [1.82, 2.24) is 14.7 Å². The Morgan fingerprint density at radius 1 is 1.19 bits per heavy atom. The summed E-state index contributed by atoms with van der Waals surface area (Å²) in [6, 6.07) is 14.0. The molecule has 1 aromatic heterocycles. The highest BCUT2D eigenvalue weighted by Crippen LogP contribution is 2.56. The normalized spacial score (nSPS) is 26.6. The first-order chi connectivity index (χ1) is 17.8. The molecular formula is C30H32FN3O3. The fourth-order valence-electron chi connectivity index (χ4n) is 6.50. The summed E-state index contributed by atoms with van der Waals surface area (Å²) < 4.78 is 15.3. The molecule has 1 saturated heterocycles. The number of aliphatic hydroxyl groups is 2. The Hall–Kier alpha value is -3.29. The molecule has 0 bridgehead atoms. The molecule has 2 fully saturated rings.